The molecule has 0 aliphatic carbocycles. The van der Waals surface area contributed by atoms with E-state index in [1.54, 1.807) is 13.2 Å². The molecule has 1 N–H and O–H groups in total. The van der Waals surface area contributed by atoms with Gasteiger partial charge in [0.25, 0.3) is 5.69 Å². The molecule has 0 aliphatic rings. The molecule has 4 aromatic rings. The lowest BCUT2D eigenvalue weighted by molar-refractivity contribution is -0.384. The van der Waals surface area contributed by atoms with E-state index in [-0.39, 0.29) is 5.69 Å². The van der Waals surface area contributed by atoms with Crippen molar-refractivity contribution in [2.75, 3.05) is 12.4 Å². The summed E-state index contributed by atoms with van der Waals surface area (Å²) in [6, 6.07) is 12.5. The third-order valence-corrected chi connectivity index (χ3v) is 5.50. The van der Waals surface area contributed by atoms with Crippen molar-refractivity contribution in [3.8, 4) is 16.9 Å². The van der Waals surface area contributed by atoms with Gasteiger partial charge in [-0.3, -0.25) is 10.1 Å². The van der Waals surface area contributed by atoms with Gasteiger partial charge in [-0.1, -0.05) is 18.2 Å². The highest BCUT2D eigenvalue weighted by Crippen LogP contribution is 2.39. The molecule has 0 atom stereocenters. The van der Waals surface area contributed by atoms with E-state index < -0.39 is 4.92 Å². The van der Waals surface area contributed by atoms with Crippen LogP contribution in [0.4, 0.5) is 17.2 Å². The van der Waals surface area contributed by atoms with Crippen molar-refractivity contribution < 1.29 is 9.66 Å². The first kappa shape index (κ1) is 18.8. The van der Waals surface area contributed by atoms with Crippen molar-refractivity contribution in [3.05, 3.63) is 69.3 Å². The number of hydrogen-bond acceptors (Lipinski definition) is 7. The number of anilines is 2. The highest BCUT2D eigenvalue weighted by atomic mass is 32.1. The van der Waals surface area contributed by atoms with E-state index in [2.05, 4.69) is 15.3 Å². The fourth-order valence-electron chi connectivity index (χ4n) is 3.11. The Hall–Kier alpha value is -3.52. The van der Waals surface area contributed by atoms with Crippen molar-refractivity contribution >= 4 is 38.7 Å². The summed E-state index contributed by atoms with van der Waals surface area (Å²) in [6.07, 6.45) is 0. The number of fused-ring (bicyclic) bond motifs is 1. The zero-order valence-corrected chi connectivity index (χ0v) is 16.9. The van der Waals surface area contributed by atoms with Crippen LogP contribution >= 0.6 is 11.3 Å². The fourth-order valence-corrected chi connectivity index (χ4v) is 4.10. The van der Waals surface area contributed by atoms with Crippen LogP contribution in [0.5, 0.6) is 5.75 Å². The third kappa shape index (κ3) is 3.62. The number of non-ortho nitro benzene ring substituents is 1. The van der Waals surface area contributed by atoms with Gasteiger partial charge in [-0.25, -0.2) is 9.97 Å². The summed E-state index contributed by atoms with van der Waals surface area (Å²) >= 11 is 1.54. The second-order valence-electron chi connectivity index (χ2n) is 6.56. The second-order valence-corrected chi connectivity index (χ2v) is 7.42. The predicted molar refractivity (Wildman–Crippen MR) is 115 cm³/mol. The van der Waals surface area contributed by atoms with Gasteiger partial charge < -0.3 is 10.1 Å². The summed E-state index contributed by atoms with van der Waals surface area (Å²) in [6.45, 7) is 3.73. The van der Waals surface area contributed by atoms with Crippen LogP contribution in [0, 0.1) is 24.0 Å². The molecule has 2 heterocycles. The molecule has 146 valence electrons. The molecule has 0 fully saturated rings. The molecule has 7 nitrogen and oxygen atoms in total. The van der Waals surface area contributed by atoms with Crippen LogP contribution in [-0.2, 0) is 0 Å². The standard InChI is InChI=1S/C21H18N4O3S/c1-12-4-7-15(25(26)27)10-18(12)24-20-19-17(11-29-21(19)23-13(2)22-20)14-5-8-16(28-3)9-6-14/h4-11H,1-3H3,(H,22,23,24). The summed E-state index contributed by atoms with van der Waals surface area (Å²) in [5, 5.41) is 17.4. The molecule has 0 radical (unpaired) electrons. The molecule has 0 bridgehead atoms. The molecule has 8 heteroatoms. The highest BCUT2D eigenvalue weighted by molar-refractivity contribution is 7.17. The van der Waals surface area contributed by atoms with Crippen molar-refractivity contribution in [3.63, 3.8) is 0 Å². The average Bonchev–Trinajstić information content (AvgIpc) is 3.13. The van der Waals surface area contributed by atoms with E-state index in [0.717, 1.165) is 32.7 Å². The van der Waals surface area contributed by atoms with Crippen molar-refractivity contribution in [2.45, 2.75) is 13.8 Å². The first-order chi connectivity index (χ1) is 14.0. The van der Waals surface area contributed by atoms with Gasteiger partial charge in [0.2, 0.25) is 0 Å². The summed E-state index contributed by atoms with van der Waals surface area (Å²) in [4.78, 5) is 20.8. The Morgan fingerprint density at radius 1 is 1.10 bits per heavy atom. The van der Waals surface area contributed by atoms with Gasteiger partial charge in [0, 0.05) is 28.8 Å². The second kappa shape index (κ2) is 7.48. The number of ether oxygens (including phenoxy) is 1. The van der Waals surface area contributed by atoms with Crippen LogP contribution in [0.2, 0.25) is 0 Å². The average molecular weight is 406 g/mol. The van der Waals surface area contributed by atoms with Gasteiger partial charge in [-0.05, 0) is 37.1 Å². The lowest BCUT2D eigenvalue weighted by atomic mass is 10.1. The van der Waals surface area contributed by atoms with Gasteiger partial charge in [-0.15, -0.1) is 11.3 Å². The minimum atomic E-state index is -0.404. The van der Waals surface area contributed by atoms with Crippen LogP contribution in [0.15, 0.2) is 47.8 Å². The molecule has 4 rings (SSSR count). The van der Waals surface area contributed by atoms with E-state index in [0.29, 0.717) is 17.3 Å². The van der Waals surface area contributed by atoms with Crippen LogP contribution in [0.1, 0.15) is 11.4 Å². The zero-order valence-electron chi connectivity index (χ0n) is 16.1. The van der Waals surface area contributed by atoms with Crippen molar-refractivity contribution in [1.29, 1.82) is 0 Å². The number of nitrogens with one attached hydrogen (secondary N) is 1. The smallest absolute Gasteiger partial charge is 0.271 e. The Morgan fingerprint density at radius 3 is 2.55 bits per heavy atom. The number of methoxy groups -OCH3 is 1. The quantitative estimate of drug-likeness (QED) is 0.341. The summed E-state index contributed by atoms with van der Waals surface area (Å²) in [7, 11) is 1.63. The molecule has 0 amide bonds. The Balaban J connectivity index is 1.85. The fraction of sp³-hybridized carbons (Fsp3) is 0.143. The molecule has 0 unspecified atom stereocenters. The normalized spacial score (nSPS) is 10.9. The third-order valence-electron chi connectivity index (χ3n) is 4.63. The van der Waals surface area contributed by atoms with Gasteiger partial charge in [0.15, 0.2) is 0 Å². The Bertz CT molecular complexity index is 1220. The van der Waals surface area contributed by atoms with E-state index in [4.69, 9.17) is 4.74 Å². The summed E-state index contributed by atoms with van der Waals surface area (Å²) < 4.78 is 5.25. The Morgan fingerprint density at radius 2 is 1.86 bits per heavy atom. The van der Waals surface area contributed by atoms with E-state index in [1.807, 2.05) is 43.5 Å². The van der Waals surface area contributed by atoms with Crippen LogP contribution in [0.3, 0.4) is 0 Å². The topological polar surface area (TPSA) is 90.2 Å². The first-order valence-corrected chi connectivity index (χ1v) is 9.76. The number of thiophene rings is 1. The van der Waals surface area contributed by atoms with Gasteiger partial charge in [0.05, 0.1) is 17.4 Å². The molecule has 29 heavy (non-hydrogen) atoms. The number of nitrogens with zero attached hydrogens (tertiary/aromatic N) is 3. The molecule has 2 aromatic carbocycles. The van der Waals surface area contributed by atoms with Crippen LogP contribution in [0.25, 0.3) is 21.3 Å². The monoisotopic (exact) mass is 406 g/mol. The molecule has 0 aliphatic heterocycles. The van der Waals surface area contributed by atoms with Crippen LogP contribution in [-0.4, -0.2) is 22.0 Å². The number of aromatic nitrogens is 2. The maximum Gasteiger partial charge on any atom is 0.271 e. The number of aryl methyl sites for hydroxylation is 2. The van der Waals surface area contributed by atoms with E-state index >= 15 is 0 Å². The van der Waals surface area contributed by atoms with E-state index in [9.17, 15) is 10.1 Å². The number of benzene rings is 2. The number of nitro groups is 1. The number of nitro benzene ring substituents is 1. The Kier molecular flexibility index (Phi) is 4.85. The largest absolute Gasteiger partial charge is 0.497 e. The lowest BCUT2D eigenvalue weighted by Gasteiger charge is -2.12. The first-order valence-electron chi connectivity index (χ1n) is 8.88. The SMILES string of the molecule is COc1ccc(-c2csc3nc(C)nc(Nc4cc([N+](=O)[O-])ccc4C)c23)cc1. The van der Waals surface area contributed by atoms with Crippen molar-refractivity contribution in [2.24, 2.45) is 0 Å². The maximum atomic E-state index is 11.2. The van der Waals surface area contributed by atoms with E-state index in [1.165, 1.54) is 23.5 Å². The molecular formula is C21H18N4O3S. The number of hydrogen-bond donors (Lipinski definition) is 1. The minimum Gasteiger partial charge on any atom is -0.497 e. The summed E-state index contributed by atoms with van der Waals surface area (Å²) in [5.41, 5.74) is 3.58. The van der Waals surface area contributed by atoms with Gasteiger partial charge in [0.1, 0.15) is 22.2 Å². The summed E-state index contributed by atoms with van der Waals surface area (Å²) in [5.74, 6) is 2.04. The molecular weight excluding hydrogens is 388 g/mol. The molecule has 0 saturated carbocycles. The zero-order chi connectivity index (χ0) is 20.5. The number of rotatable bonds is 5. The van der Waals surface area contributed by atoms with Crippen LogP contribution < -0.4 is 10.1 Å². The van der Waals surface area contributed by atoms with Gasteiger partial charge in [-0.2, -0.15) is 0 Å². The molecule has 0 saturated heterocycles. The molecule has 0 spiro atoms. The minimum absolute atomic E-state index is 0.0285. The maximum absolute atomic E-state index is 11.2. The van der Waals surface area contributed by atoms with Gasteiger partial charge >= 0.3 is 0 Å². The predicted octanol–water partition coefficient (Wildman–Crippen LogP) is 5.64. The highest BCUT2D eigenvalue weighted by Gasteiger charge is 2.16. The van der Waals surface area contributed by atoms with Crippen molar-refractivity contribution in [1.82, 2.24) is 9.97 Å². The Labute approximate surface area is 171 Å². The molecule has 2 aromatic heterocycles. The lowest BCUT2D eigenvalue weighted by Crippen LogP contribution is -2.00.